The molecular weight excluding hydrogens is 481 g/mol. The van der Waals surface area contributed by atoms with Crippen LogP contribution < -0.4 is 9.62 Å². The second kappa shape index (κ2) is 10.1. The van der Waals surface area contributed by atoms with E-state index in [2.05, 4.69) is 4.72 Å². The Bertz CT molecular complexity index is 1150. The number of rotatable bonds is 8. The van der Waals surface area contributed by atoms with Crippen LogP contribution in [0.25, 0.3) is 6.08 Å². The van der Waals surface area contributed by atoms with Crippen molar-refractivity contribution in [3.8, 4) is 0 Å². The van der Waals surface area contributed by atoms with E-state index in [1.165, 1.54) is 41.5 Å². The van der Waals surface area contributed by atoms with E-state index in [0.717, 1.165) is 16.4 Å². The Morgan fingerprint density at radius 1 is 1.41 bits per heavy atom. The Labute approximate surface area is 193 Å². The number of aliphatic hydroxyl groups is 1. The van der Waals surface area contributed by atoms with Crippen LogP contribution in [0.15, 0.2) is 35.7 Å². The molecule has 1 aromatic heterocycles. The van der Waals surface area contributed by atoms with Gasteiger partial charge in [-0.05, 0) is 42.8 Å². The number of carbonyl (C=O) groups excluding carboxylic acids is 2. The molecular formula is C20H21ClFN3O5S2. The average molecular weight is 502 g/mol. The fraction of sp³-hybridized carbons (Fsp3) is 0.300. The van der Waals surface area contributed by atoms with E-state index in [1.807, 2.05) is 0 Å². The molecule has 0 bridgehead atoms. The summed E-state index contributed by atoms with van der Waals surface area (Å²) in [5.41, 5.74) is 0.0340. The number of carbonyl (C=O) groups is 2. The number of sulfonamides is 1. The Morgan fingerprint density at radius 3 is 2.78 bits per heavy atom. The molecule has 1 atom stereocenters. The Balaban J connectivity index is 1.69. The molecule has 2 amide bonds. The molecule has 2 N–H and O–H groups in total. The summed E-state index contributed by atoms with van der Waals surface area (Å²) in [5, 5.41) is 9.89. The Kier molecular flexibility index (Phi) is 7.67. The molecule has 0 saturated carbocycles. The molecule has 172 valence electrons. The van der Waals surface area contributed by atoms with Gasteiger partial charge < -0.3 is 14.9 Å². The quantitative estimate of drug-likeness (QED) is 0.577. The number of anilines is 1. The van der Waals surface area contributed by atoms with E-state index in [9.17, 15) is 22.4 Å². The normalized spacial score (nSPS) is 16.8. The smallest absolute Gasteiger partial charge is 0.253 e. The predicted octanol–water partition coefficient (Wildman–Crippen LogP) is 2.30. The first-order valence-electron chi connectivity index (χ1n) is 9.54. The molecule has 8 nitrogen and oxygen atoms in total. The van der Waals surface area contributed by atoms with E-state index in [0.29, 0.717) is 9.21 Å². The summed E-state index contributed by atoms with van der Waals surface area (Å²) in [6.45, 7) is -0.00779. The first kappa shape index (κ1) is 24.3. The van der Waals surface area contributed by atoms with Gasteiger partial charge >= 0.3 is 0 Å². The molecule has 0 spiro atoms. The molecule has 1 aromatic carbocycles. The molecule has 3 rings (SSSR count). The van der Waals surface area contributed by atoms with Crippen molar-refractivity contribution < 1.29 is 27.5 Å². The number of likely N-dealkylation sites (N-methyl/N-ethyl adjacent to an activating group) is 1. The lowest BCUT2D eigenvalue weighted by Gasteiger charge is -2.19. The topological polar surface area (TPSA) is 107 Å². The van der Waals surface area contributed by atoms with Gasteiger partial charge in [0.2, 0.25) is 15.9 Å². The van der Waals surface area contributed by atoms with Crippen LogP contribution in [-0.4, -0.2) is 63.0 Å². The van der Waals surface area contributed by atoms with E-state index in [1.54, 1.807) is 12.1 Å². The standard InChI is InChI=1S/C20H21ClFN3O5S2/c1-24(9-10-26)19(27)13-2-4-17(15(22)12-13)25-8-6-16(20(25)28)23-32(29,30)11-7-14-3-5-18(21)31-14/h2-5,7,11-12,16,23,26H,6,8-10H2,1H3/b11-7+/t16-/m0/s1. The van der Waals surface area contributed by atoms with Gasteiger partial charge in [-0.2, -0.15) is 4.72 Å². The van der Waals surface area contributed by atoms with Gasteiger partial charge in [-0.1, -0.05) is 11.6 Å². The van der Waals surface area contributed by atoms with Gasteiger partial charge in [-0.15, -0.1) is 11.3 Å². The van der Waals surface area contributed by atoms with Gasteiger partial charge in [-0.25, -0.2) is 12.8 Å². The van der Waals surface area contributed by atoms with Gasteiger partial charge in [0.15, 0.2) is 0 Å². The number of halogens is 2. The highest BCUT2D eigenvalue weighted by Gasteiger charge is 2.36. The molecule has 1 aliphatic heterocycles. The van der Waals surface area contributed by atoms with Crippen molar-refractivity contribution in [2.45, 2.75) is 12.5 Å². The lowest BCUT2D eigenvalue weighted by atomic mass is 10.1. The van der Waals surface area contributed by atoms with Crippen LogP contribution in [0.3, 0.4) is 0 Å². The fourth-order valence-electron chi connectivity index (χ4n) is 3.17. The van der Waals surface area contributed by atoms with Crippen molar-refractivity contribution >= 4 is 56.5 Å². The lowest BCUT2D eigenvalue weighted by molar-refractivity contribution is -0.118. The van der Waals surface area contributed by atoms with Gasteiger partial charge in [-0.3, -0.25) is 9.59 Å². The average Bonchev–Trinajstić information content (AvgIpc) is 3.31. The van der Waals surface area contributed by atoms with E-state index in [-0.39, 0.29) is 37.4 Å². The van der Waals surface area contributed by atoms with E-state index in [4.69, 9.17) is 16.7 Å². The number of nitrogens with one attached hydrogen (secondary N) is 1. The zero-order valence-corrected chi connectivity index (χ0v) is 19.4. The van der Waals surface area contributed by atoms with Crippen molar-refractivity contribution in [2.24, 2.45) is 0 Å². The zero-order chi connectivity index (χ0) is 23.5. The van der Waals surface area contributed by atoms with Crippen LogP contribution in [0.1, 0.15) is 21.7 Å². The SMILES string of the molecule is CN(CCO)C(=O)c1ccc(N2CC[C@H](NS(=O)(=O)/C=C/c3ccc(Cl)s3)C2=O)c(F)c1. The van der Waals surface area contributed by atoms with Crippen LogP contribution in [0.4, 0.5) is 10.1 Å². The predicted molar refractivity (Wildman–Crippen MR) is 122 cm³/mol. The molecule has 2 heterocycles. The van der Waals surface area contributed by atoms with Crippen LogP contribution in [0, 0.1) is 5.82 Å². The minimum absolute atomic E-state index is 0.0400. The fourth-order valence-corrected chi connectivity index (χ4v) is 5.24. The third-order valence-electron chi connectivity index (χ3n) is 4.79. The highest BCUT2D eigenvalue weighted by Crippen LogP contribution is 2.27. The number of nitrogens with zero attached hydrogens (tertiary/aromatic N) is 2. The van der Waals surface area contributed by atoms with Crippen LogP contribution in [0.5, 0.6) is 0 Å². The maximum absolute atomic E-state index is 14.7. The van der Waals surface area contributed by atoms with Crippen LogP contribution in [-0.2, 0) is 14.8 Å². The number of aliphatic hydroxyl groups excluding tert-OH is 1. The summed E-state index contributed by atoms with van der Waals surface area (Å²) < 4.78 is 42.2. The largest absolute Gasteiger partial charge is 0.395 e. The van der Waals surface area contributed by atoms with E-state index < -0.39 is 33.7 Å². The first-order valence-corrected chi connectivity index (χ1v) is 12.3. The van der Waals surface area contributed by atoms with Gasteiger partial charge in [0.1, 0.15) is 11.9 Å². The molecule has 0 radical (unpaired) electrons. The second-order valence-corrected chi connectivity index (χ2v) is 10.4. The van der Waals surface area contributed by atoms with Crippen molar-refractivity contribution in [1.82, 2.24) is 9.62 Å². The maximum Gasteiger partial charge on any atom is 0.253 e. The Morgan fingerprint density at radius 2 is 2.16 bits per heavy atom. The zero-order valence-electron chi connectivity index (χ0n) is 17.0. The summed E-state index contributed by atoms with van der Waals surface area (Å²) in [6.07, 6.45) is 1.54. The van der Waals surface area contributed by atoms with Crippen LogP contribution >= 0.6 is 22.9 Å². The first-order chi connectivity index (χ1) is 15.1. The summed E-state index contributed by atoms with van der Waals surface area (Å²) in [6, 6.07) is 5.99. The molecule has 0 unspecified atom stereocenters. The van der Waals surface area contributed by atoms with Gasteiger partial charge in [0.25, 0.3) is 5.91 Å². The lowest BCUT2D eigenvalue weighted by Crippen LogP contribution is -2.41. The highest BCUT2D eigenvalue weighted by atomic mass is 35.5. The summed E-state index contributed by atoms with van der Waals surface area (Å²) in [5.74, 6) is -1.84. The third-order valence-corrected chi connectivity index (χ3v) is 7.09. The number of benzene rings is 1. The van der Waals surface area contributed by atoms with Crippen LogP contribution in [0.2, 0.25) is 4.34 Å². The minimum Gasteiger partial charge on any atom is -0.395 e. The third kappa shape index (κ3) is 5.73. The van der Waals surface area contributed by atoms with Gasteiger partial charge in [0, 0.05) is 36.0 Å². The molecule has 1 saturated heterocycles. The molecule has 32 heavy (non-hydrogen) atoms. The van der Waals surface area contributed by atoms with Gasteiger partial charge in [0.05, 0.1) is 16.6 Å². The molecule has 0 aliphatic carbocycles. The van der Waals surface area contributed by atoms with Crippen molar-refractivity contribution in [2.75, 3.05) is 31.6 Å². The number of hydrogen-bond donors (Lipinski definition) is 2. The highest BCUT2D eigenvalue weighted by molar-refractivity contribution is 7.92. The summed E-state index contributed by atoms with van der Waals surface area (Å²) >= 11 is 7.03. The number of hydrogen-bond acceptors (Lipinski definition) is 6. The molecule has 2 aromatic rings. The molecule has 1 fully saturated rings. The summed E-state index contributed by atoms with van der Waals surface area (Å²) in [7, 11) is -2.44. The van der Waals surface area contributed by atoms with E-state index >= 15 is 0 Å². The maximum atomic E-state index is 14.7. The summed E-state index contributed by atoms with van der Waals surface area (Å²) in [4.78, 5) is 28.0. The second-order valence-electron chi connectivity index (χ2n) is 7.06. The van der Waals surface area contributed by atoms with Crippen molar-refractivity contribution in [3.63, 3.8) is 0 Å². The Hall–Kier alpha value is -2.31. The molecule has 1 aliphatic rings. The van der Waals surface area contributed by atoms with Crippen molar-refractivity contribution in [1.29, 1.82) is 0 Å². The molecule has 12 heteroatoms. The number of amides is 2. The monoisotopic (exact) mass is 501 g/mol. The number of thiophene rings is 1. The van der Waals surface area contributed by atoms with Crippen molar-refractivity contribution in [3.05, 3.63) is 56.3 Å². The minimum atomic E-state index is -3.91.